The quantitative estimate of drug-likeness (QED) is 0.591. The van der Waals surface area contributed by atoms with Crippen molar-refractivity contribution in [1.82, 2.24) is 29.7 Å². The molecule has 0 saturated heterocycles. The van der Waals surface area contributed by atoms with Gasteiger partial charge in [-0.15, -0.1) is 0 Å². The van der Waals surface area contributed by atoms with Gasteiger partial charge >= 0.3 is 0 Å². The van der Waals surface area contributed by atoms with E-state index in [1.165, 1.54) is 12.7 Å². The first-order chi connectivity index (χ1) is 7.86. The summed E-state index contributed by atoms with van der Waals surface area (Å²) in [7, 11) is 0. The van der Waals surface area contributed by atoms with E-state index in [4.69, 9.17) is 11.6 Å². The zero-order chi connectivity index (χ0) is 11.0. The zero-order valence-electron chi connectivity index (χ0n) is 7.95. The van der Waals surface area contributed by atoms with Gasteiger partial charge in [-0.05, 0) is 0 Å². The van der Waals surface area contributed by atoms with Crippen LogP contribution in [-0.2, 0) is 0 Å². The van der Waals surface area contributed by atoms with E-state index in [9.17, 15) is 0 Å². The second kappa shape index (κ2) is 3.49. The van der Waals surface area contributed by atoms with Crippen molar-refractivity contribution in [2.75, 3.05) is 0 Å². The minimum Gasteiger partial charge on any atom is -0.245 e. The van der Waals surface area contributed by atoms with Crippen molar-refractivity contribution in [2.45, 2.75) is 0 Å². The lowest BCUT2D eigenvalue weighted by Gasteiger charge is -1.99. The van der Waals surface area contributed by atoms with Crippen molar-refractivity contribution < 1.29 is 0 Å². The van der Waals surface area contributed by atoms with Gasteiger partial charge in [-0.1, -0.05) is 11.6 Å². The summed E-state index contributed by atoms with van der Waals surface area (Å²) >= 11 is 5.92. The van der Waals surface area contributed by atoms with Crippen LogP contribution in [-0.4, -0.2) is 29.7 Å². The van der Waals surface area contributed by atoms with Gasteiger partial charge in [-0.2, -0.15) is 9.78 Å². The third-order valence-electron chi connectivity index (χ3n) is 2.10. The Bertz CT molecular complexity index is 635. The molecule has 0 aliphatic carbocycles. The number of hydrogen-bond acceptors (Lipinski definition) is 5. The van der Waals surface area contributed by atoms with Crippen LogP contribution in [0.1, 0.15) is 0 Å². The molecule has 0 saturated carbocycles. The molecule has 3 rings (SSSR count). The molecule has 0 fully saturated rings. The highest BCUT2D eigenvalue weighted by molar-refractivity contribution is 6.33. The topological polar surface area (TPSA) is 69.4 Å². The molecule has 3 aromatic heterocycles. The summed E-state index contributed by atoms with van der Waals surface area (Å²) in [5.74, 6) is 0.639. The Morgan fingerprint density at radius 3 is 2.88 bits per heavy atom. The predicted molar refractivity (Wildman–Crippen MR) is 57.3 cm³/mol. The molecular weight excluding hydrogens is 228 g/mol. The highest BCUT2D eigenvalue weighted by Gasteiger charge is 2.09. The highest BCUT2D eigenvalue weighted by Crippen LogP contribution is 2.19. The van der Waals surface area contributed by atoms with E-state index in [0.29, 0.717) is 22.0 Å². The maximum absolute atomic E-state index is 5.92. The lowest BCUT2D eigenvalue weighted by molar-refractivity contribution is 0.853. The van der Waals surface area contributed by atoms with Crippen LogP contribution in [0.15, 0.2) is 31.1 Å². The zero-order valence-corrected chi connectivity index (χ0v) is 8.70. The first-order valence-electron chi connectivity index (χ1n) is 4.47. The van der Waals surface area contributed by atoms with Gasteiger partial charge in [0.25, 0.3) is 0 Å². The van der Waals surface area contributed by atoms with Gasteiger partial charge in [0, 0.05) is 12.3 Å². The average Bonchev–Trinajstić information content (AvgIpc) is 2.75. The molecule has 0 unspecified atom stereocenters. The van der Waals surface area contributed by atoms with E-state index in [-0.39, 0.29) is 0 Å². The van der Waals surface area contributed by atoms with Crippen molar-refractivity contribution in [1.29, 1.82) is 0 Å². The molecule has 78 valence electrons. The van der Waals surface area contributed by atoms with Gasteiger partial charge in [0.05, 0.1) is 11.6 Å². The molecule has 0 amide bonds. The van der Waals surface area contributed by atoms with E-state index in [1.807, 2.05) is 0 Å². The summed E-state index contributed by atoms with van der Waals surface area (Å²) in [6.45, 7) is 0. The standard InChI is InChI=1S/C9H5ClN6/c10-8-6-3-15-16(9(6)14-5-13-8)7-1-2-11-4-12-7/h1-5H. The molecule has 16 heavy (non-hydrogen) atoms. The number of aromatic nitrogens is 6. The highest BCUT2D eigenvalue weighted by atomic mass is 35.5. The third kappa shape index (κ3) is 1.31. The van der Waals surface area contributed by atoms with Crippen LogP contribution in [0.4, 0.5) is 0 Å². The fourth-order valence-corrected chi connectivity index (χ4v) is 1.57. The van der Waals surface area contributed by atoms with E-state index in [2.05, 4.69) is 25.0 Å². The molecule has 3 aromatic rings. The van der Waals surface area contributed by atoms with Crippen LogP contribution < -0.4 is 0 Å². The van der Waals surface area contributed by atoms with Crippen LogP contribution in [0.2, 0.25) is 5.15 Å². The van der Waals surface area contributed by atoms with Crippen LogP contribution in [0.25, 0.3) is 16.9 Å². The first-order valence-corrected chi connectivity index (χ1v) is 4.84. The fourth-order valence-electron chi connectivity index (χ4n) is 1.39. The number of fused-ring (bicyclic) bond motifs is 1. The Hall–Kier alpha value is -2.08. The van der Waals surface area contributed by atoms with Crippen molar-refractivity contribution >= 4 is 22.6 Å². The summed E-state index contributed by atoms with van der Waals surface area (Å²) in [6.07, 6.45) is 6.09. The average molecular weight is 233 g/mol. The largest absolute Gasteiger partial charge is 0.245 e. The van der Waals surface area contributed by atoms with Gasteiger partial charge in [-0.25, -0.2) is 19.9 Å². The second-order valence-corrected chi connectivity index (χ2v) is 3.38. The fraction of sp³-hybridized carbons (Fsp3) is 0. The SMILES string of the molecule is Clc1ncnc2c1cnn2-c1ccncn1. The Labute approximate surface area is 95.0 Å². The molecule has 0 aliphatic heterocycles. The van der Waals surface area contributed by atoms with Gasteiger partial charge in [-0.3, -0.25) is 0 Å². The van der Waals surface area contributed by atoms with E-state index in [1.54, 1.807) is 23.1 Å². The molecule has 0 radical (unpaired) electrons. The molecule has 0 aliphatic rings. The van der Waals surface area contributed by atoms with Crippen molar-refractivity contribution in [2.24, 2.45) is 0 Å². The van der Waals surface area contributed by atoms with Crippen LogP contribution in [0.3, 0.4) is 0 Å². The Morgan fingerprint density at radius 2 is 2.06 bits per heavy atom. The summed E-state index contributed by atoms with van der Waals surface area (Å²) < 4.78 is 1.59. The first kappa shape index (κ1) is 9.17. The summed E-state index contributed by atoms with van der Waals surface area (Å²) in [6, 6.07) is 1.74. The van der Waals surface area contributed by atoms with Crippen LogP contribution >= 0.6 is 11.6 Å². The summed E-state index contributed by atoms with van der Waals surface area (Å²) in [5.41, 5.74) is 0.624. The Kier molecular flexibility index (Phi) is 2.00. The normalized spacial score (nSPS) is 10.8. The number of hydrogen-bond donors (Lipinski definition) is 0. The summed E-state index contributed by atoms with van der Waals surface area (Å²) in [5, 5.41) is 5.24. The molecule has 0 N–H and O–H groups in total. The minimum absolute atomic E-state index is 0.380. The molecular formula is C9H5ClN6. The second-order valence-electron chi connectivity index (χ2n) is 3.03. The lowest BCUT2D eigenvalue weighted by Crippen LogP contribution is -2.00. The van der Waals surface area contributed by atoms with Gasteiger partial charge in [0.1, 0.15) is 17.8 Å². The van der Waals surface area contributed by atoms with Crippen molar-refractivity contribution in [3.8, 4) is 5.82 Å². The van der Waals surface area contributed by atoms with E-state index in [0.717, 1.165) is 0 Å². The Morgan fingerprint density at radius 1 is 1.12 bits per heavy atom. The number of rotatable bonds is 1. The molecule has 3 heterocycles. The number of halogens is 1. The van der Waals surface area contributed by atoms with Crippen LogP contribution in [0.5, 0.6) is 0 Å². The predicted octanol–water partition coefficient (Wildman–Crippen LogP) is 1.26. The third-order valence-corrected chi connectivity index (χ3v) is 2.40. The van der Waals surface area contributed by atoms with E-state index >= 15 is 0 Å². The molecule has 0 aromatic carbocycles. The van der Waals surface area contributed by atoms with Crippen molar-refractivity contribution in [3.63, 3.8) is 0 Å². The van der Waals surface area contributed by atoms with Gasteiger partial charge < -0.3 is 0 Å². The lowest BCUT2D eigenvalue weighted by atomic mass is 10.4. The summed E-state index contributed by atoms with van der Waals surface area (Å²) in [4.78, 5) is 15.9. The maximum atomic E-state index is 5.92. The molecule has 7 heteroatoms. The Balaban J connectivity index is 2.30. The van der Waals surface area contributed by atoms with Gasteiger partial charge in [0.2, 0.25) is 0 Å². The van der Waals surface area contributed by atoms with Gasteiger partial charge in [0.15, 0.2) is 11.5 Å². The van der Waals surface area contributed by atoms with Crippen molar-refractivity contribution in [3.05, 3.63) is 36.3 Å². The molecule has 0 spiro atoms. The maximum Gasteiger partial charge on any atom is 0.169 e. The molecule has 0 atom stereocenters. The smallest absolute Gasteiger partial charge is 0.169 e. The number of nitrogens with zero attached hydrogens (tertiary/aromatic N) is 6. The molecule has 6 nitrogen and oxygen atoms in total. The minimum atomic E-state index is 0.380. The molecule has 0 bridgehead atoms. The van der Waals surface area contributed by atoms with Crippen LogP contribution in [0, 0.1) is 0 Å². The monoisotopic (exact) mass is 232 g/mol. The van der Waals surface area contributed by atoms with E-state index < -0.39 is 0 Å².